The Kier molecular flexibility index (Phi) is 6.96. The standard InChI is InChI=1S/C46H30N4S/c1-2-11-31(12-3-1)34-17-10-18-37(27-34)45-47-46(51-48-45)38-23-26-43-44(30-38)50(40-25-22-33-14-5-7-16-36(33)29-40)42-20-9-8-19-41(42)49(43)39-24-21-32-13-4-6-15-35(32)28-39/h1-30H. The van der Waals surface area contributed by atoms with E-state index < -0.39 is 0 Å². The summed E-state index contributed by atoms with van der Waals surface area (Å²) < 4.78 is 4.85. The van der Waals surface area contributed by atoms with Gasteiger partial charge in [-0.1, -0.05) is 121 Å². The molecule has 0 saturated carbocycles. The smallest absolute Gasteiger partial charge is 0.173 e. The summed E-state index contributed by atoms with van der Waals surface area (Å²) in [5.41, 5.74) is 11.0. The highest BCUT2D eigenvalue weighted by molar-refractivity contribution is 7.09. The van der Waals surface area contributed by atoms with Crippen LogP contribution in [0.15, 0.2) is 182 Å². The summed E-state index contributed by atoms with van der Waals surface area (Å²) in [5.74, 6) is 0.736. The third kappa shape index (κ3) is 5.14. The Balaban J connectivity index is 1.13. The largest absolute Gasteiger partial charge is 0.306 e. The van der Waals surface area contributed by atoms with Gasteiger partial charge in [0.25, 0.3) is 0 Å². The zero-order valence-electron chi connectivity index (χ0n) is 27.5. The van der Waals surface area contributed by atoms with Crippen LogP contribution >= 0.6 is 11.5 Å². The van der Waals surface area contributed by atoms with E-state index in [4.69, 9.17) is 9.36 Å². The van der Waals surface area contributed by atoms with Crippen LogP contribution in [0.4, 0.5) is 34.1 Å². The molecule has 9 aromatic rings. The lowest BCUT2D eigenvalue weighted by atomic mass is 10.0. The van der Waals surface area contributed by atoms with Crippen LogP contribution in [0, 0.1) is 0 Å². The first-order valence-corrected chi connectivity index (χ1v) is 17.9. The molecule has 1 aliphatic rings. The molecule has 0 atom stereocenters. The number of para-hydroxylation sites is 2. The number of anilines is 6. The second-order valence-electron chi connectivity index (χ2n) is 12.8. The highest BCUT2D eigenvalue weighted by atomic mass is 32.1. The normalized spacial score (nSPS) is 12.2. The summed E-state index contributed by atoms with van der Waals surface area (Å²) in [5, 5.41) is 5.73. The van der Waals surface area contributed by atoms with Crippen LogP contribution in [0.2, 0.25) is 0 Å². The second kappa shape index (κ2) is 12.1. The molecule has 1 aliphatic heterocycles. The highest BCUT2D eigenvalue weighted by Crippen LogP contribution is 2.55. The van der Waals surface area contributed by atoms with Crippen molar-refractivity contribution in [3.63, 3.8) is 0 Å². The predicted octanol–water partition coefficient (Wildman–Crippen LogP) is 13.1. The van der Waals surface area contributed by atoms with Crippen LogP contribution in [-0.2, 0) is 0 Å². The van der Waals surface area contributed by atoms with E-state index >= 15 is 0 Å². The third-order valence-electron chi connectivity index (χ3n) is 9.70. The zero-order valence-corrected chi connectivity index (χ0v) is 28.3. The Morgan fingerprint density at radius 3 is 1.59 bits per heavy atom. The van der Waals surface area contributed by atoms with Gasteiger partial charge in [-0.3, -0.25) is 0 Å². The molecule has 0 aliphatic carbocycles. The van der Waals surface area contributed by atoms with Crippen molar-refractivity contribution in [3.05, 3.63) is 182 Å². The topological polar surface area (TPSA) is 32.3 Å². The van der Waals surface area contributed by atoms with E-state index in [0.29, 0.717) is 0 Å². The van der Waals surface area contributed by atoms with Crippen LogP contribution in [0.3, 0.4) is 0 Å². The molecule has 0 radical (unpaired) electrons. The number of rotatable bonds is 5. The molecular formula is C46H30N4S. The number of aromatic nitrogens is 2. The molecule has 8 aromatic carbocycles. The van der Waals surface area contributed by atoms with Gasteiger partial charge in [0.05, 0.1) is 22.7 Å². The van der Waals surface area contributed by atoms with E-state index in [1.54, 1.807) is 0 Å². The summed E-state index contributed by atoms with van der Waals surface area (Å²) >= 11 is 1.44. The number of benzene rings is 8. The average Bonchev–Trinajstić information content (AvgIpc) is 3.70. The molecule has 4 nitrogen and oxygen atoms in total. The monoisotopic (exact) mass is 670 g/mol. The molecule has 0 unspecified atom stereocenters. The van der Waals surface area contributed by atoms with Gasteiger partial charge < -0.3 is 9.80 Å². The molecule has 0 amide bonds. The van der Waals surface area contributed by atoms with Crippen molar-refractivity contribution in [3.8, 4) is 33.1 Å². The Morgan fingerprint density at radius 1 is 0.353 bits per heavy atom. The van der Waals surface area contributed by atoms with E-state index in [9.17, 15) is 0 Å². The lowest BCUT2D eigenvalue weighted by Gasteiger charge is -2.40. The lowest BCUT2D eigenvalue weighted by Crippen LogP contribution is -2.24. The molecule has 10 rings (SSSR count). The Hall–Kier alpha value is -6.56. The summed E-state index contributed by atoms with van der Waals surface area (Å²) in [6.45, 7) is 0. The molecule has 0 fully saturated rings. The maximum Gasteiger partial charge on any atom is 0.173 e. The number of nitrogens with zero attached hydrogens (tertiary/aromatic N) is 4. The fraction of sp³-hybridized carbons (Fsp3) is 0. The first-order chi connectivity index (χ1) is 25.3. The molecule has 0 bridgehead atoms. The zero-order chi connectivity index (χ0) is 33.7. The quantitative estimate of drug-likeness (QED) is 0.182. The van der Waals surface area contributed by atoms with E-state index in [2.05, 4.69) is 186 Å². The summed E-state index contributed by atoms with van der Waals surface area (Å²) in [7, 11) is 0. The minimum absolute atomic E-state index is 0.736. The predicted molar refractivity (Wildman–Crippen MR) is 214 cm³/mol. The van der Waals surface area contributed by atoms with E-state index in [-0.39, 0.29) is 0 Å². The minimum atomic E-state index is 0.736. The highest BCUT2D eigenvalue weighted by Gasteiger charge is 2.31. The molecule has 5 heteroatoms. The van der Waals surface area contributed by atoms with Gasteiger partial charge >= 0.3 is 0 Å². The number of fused-ring (bicyclic) bond motifs is 4. The van der Waals surface area contributed by atoms with Crippen molar-refractivity contribution in [1.82, 2.24) is 9.36 Å². The molecule has 1 aromatic heterocycles. The number of hydrogen-bond donors (Lipinski definition) is 0. The molecule has 240 valence electrons. The van der Waals surface area contributed by atoms with Crippen LogP contribution < -0.4 is 9.80 Å². The Morgan fingerprint density at radius 2 is 0.902 bits per heavy atom. The van der Waals surface area contributed by atoms with Gasteiger partial charge in [0.1, 0.15) is 5.01 Å². The van der Waals surface area contributed by atoms with Crippen molar-refractivity contribution < 1.29 is 0 Å². The van der Waals surface area contributed by atoms with Crippen LogP contribution in [0.25, 0.3) is 54.6 Å². The van der Waals surface area contributed by atoms with Crippen molar-refractivity contribution in [2.75, 3.05) is 9.80 Å². The summed E-state index contributed by atoms with van der Waals surface area (Å²) in [4.78, 5) is 9.88. The van der Waals surface area contributed by atoms with Gasteiger partial charge in [0.2, 0.25) is 0 Å². The molecule has 0 spiro atoms. The minimum Gasteiger partial charge on any atom is -0.306 e. The van der Waals surface area contributed by atoms with Crippen molar-refractivity contribution in [2.45, 2.75) is 0 Å². The third-order valence-corrected chi connectivity index (χ3v) is 10.5. The summed E-state index contributed by atoms with van der Waals surface area (Å²) in [6.07, 6.45) is 0. The van der Waals surface area contributed by atoms with Crippen LogP contribution in [0.1, 0.15) is 0 Å². The maximum absolute atomic E-state index is 5.10. The fourth-order valence-corrected chi connectivity index (χ4v) is 7.92. The molecule has 0 N–H and O–H groups in total. The molecule has 0 saturated heterocycles. The van der Waals surface area contributed by atoms with Crippen molar-refractivity contribution in [2.24, 2.45) is 0 Å². The average molecular weight is 671 g/mol. The van der Waals surface area contributed by atoms with Crippen LogP contribution in [-0.4, -0.2) is 9.36 Å². The first kappa shape index (κ1) is 29.4. The van der Waals surface area contributed by atoms with Crippen molar-refractivity contribution >= 4 is 67.2 Å². The number of hydrogen-bond acceptors (Lipinski definition) is 5. The fourth-order valence-electron chi connectivity index (χ4n) is 7.24. The van der Waals surface area contributed by atoms with Gasteiger partial charge in [0.15, 0.2) is 5.82 Å². The van der Waals surface area contributed by atoms with E-state index in [1.165, 1.54) is 38.6 Å². The molecular weight excluding hydrogens is 641 g/mol. The first-order valence-electron chi connectivity index (χ1n) is 17.1. The maximum atomic E-state index is 5.10. The Bertz CT molecular complexity index is 2730. The Labute approximate surface area is 300 Å². The van der Waals surface area contributed by atoms with Crippen LogP contribution in [0.5, 0.6) is 0 Å². The van der Waals surface area contributed by atoms with Gasteiger partial charge in [-0.15, -0.1) is 0 Å². The van der Waals surface area contributed by atoms with Gasteiger partial charge in [-0.05, 0) is 105 Å². The second-order valence-corrected chi connectivity index (χ2v) is 13.5. The van der Waals surface area contributed by atoms with E-state index in [0.717, 1.165) is 61.6 Å². The van der Waals surface area contributed by atoms with Gasteiger partial charge in [0, 0.05) is 22.5 Å². The SMILES string of the molecule is c1ccc(-c2cccc(-c3nsc(-c4ccc5c(c4)N(c4ccc6ccccc6c4)c4ccccc4N5c4ccc5ccccc5c4)n3)c2)cc1. The van der Waals surface area contributed by atoms with Gasteiger partial charge in [-0.25, -0.2) is 4.98 Å². The molecule has 51 heavy (non-hydrogen) atoms. The van der Waals surface area contributed by atoms with E-state index in [1.807, 2.05) is 6.07 Å². The molecule has 2 heterocycles. The van der Waals surface area contributed by atoms with Crippen molar-refractivity contribution in [1.29, 1.82) is 0 Å². The summed E-state index contributed by atoms with van der Waals surface area (Å²) in [6, 6.07) is 64.9. The van der Waals surface area contributed by atoms with Gasteiger partial charge in [-0.2, -0.15) is 4.37 Å². The lowest BCUT2D eigenvalue weighted by molar-refractivity contribution is 1.17.